The van der Waals surface area contributed by atoms with E-state index in [9.17, 15) is 14.8 Å². The first-order chi connectivity index (χ1) is 15.7. The molecule has 0 radical (unpaired) electrons. The summed E-state index contributed by atoms with van der Waals surface area (Å²) in [6.45, 7) is 3.44. The number of hydrogen-bond donors (Lipinski definition) is 4. The highest BCUT2D eigenvalue weighted by Crippen LogP contribution is 2.46. The maximum absolute atomic E-state index is 11.0. The van der Waals surface area contributed by atoms with E-state index in [1.807, 2.05) is 0 Å². The minimum Gasteiger partial charge on any atom is -0.387 e. The van der Waals surface area contributed by atoms with Gasteiger partial charge in [0.2, 0.25) is 0 Å². The van der Waals surface area contributed by atoms with Gasteiger partial charge in [0.15, 0.2) is 11.9 Å². The Bertz CT molecular complexity index is 1060. The van der Waals surface area contributed by atoms with E-state index in [-0.39, 0.29) is 6.61 Å². The number of anilines is 1. The molecule has 5 rings (SSSR count). The molecule has 4 N–H and O–H groups in total. The molecule has 0 unspecified atom stereocenters. The molecule has 13 heteroatoms. The average Bonchev–Trinajstić information content (AvgIpc) is 3.27. The fourth-order valence-electron chi connectivity index (χ4n) is 5.33. The van der Waals surface area contributed by atoms with Gasteiger partial charge in [-0.1, -0.05) is 19.3 Å². The van der Waals surface area contributed by atoms with Crippen molar-refractivity contribution >= 4 is 24.4 Å². The third-order valence-corrected chi connectivity index (χ3v) is 7.45. The lowest BCUT2D eigenvalue weighted by molar-refractivity contribution is -0.0658. The third kappa shape index (κ3) is 4.41. The van der Waals surface area contributed by atoms with Crippen molar-refractivity contribution in [1.29, 1.82) is 0 Å². The molecule has 3 fully saturated rings. The Kier molecular flexibility index (Phi) is 5.97. The Labute approximate surface area is 190 Å². The number of ether oxygens (including phenoxy) is 2. The first-order valence-electron chi connectivity index (χ1n) is 11.3. The summed E-state index contributed by atoms with van der Waals surface area (Å²) in [7, 11) is -4.35. The molecule has 12 nitrogen and oxygen atoms in total. The molecule has 0 aromatic carbocycles. The molecular weight excluding hydrogens is 453 g/mol. The lowest BCUT2D eigenvalue weighted by Crippen LogP contribution is -2.57. The summed E-state index contributed by atoms with van der Waals surface area (Å²) in [6, 6.07) is 0. The van der Waals surface area contributed by atoms with Crippen LogP contribution in [-0.4, -0.2) is 84.1 Å². The monoisotopic (exact) mass is 483 g/mol. The van der Waals surface area contributed by atoms with E-state index in [4.69, 9.17) is 19.3 Å². The minimum absolute atomic E-state index is 0.284. The fourth-order valence-corrected chi connectivity index (χ4v) is 5.68. The van der Waals surface area contributed by atoms with Crippen LogP contribution in [0.25, 0.3) is 11.0 Å². The van der Waals surface area contributed by atoms with Crippen molar-refractivity contribution in [3.63, 3.8) is 0 Å². The maximum Gasteiger partial charge on any atom is 0.350 e. The van der Waals surface area contributed by atoms with Crippen LogP contribution >= 0.6 is 7.60 Å². The second-order valence-electron chi connectivity index (χ2n) is 9.55. The number of nitrogens with zero attached hydrogens (tertiary/aromatic N) is 5. The molecule has 2 aromatic rings. The van der Waals surface area contributed by atoms with Gasteiger partial charge >= 0.3 is 7.60 Å². The zero-order chi connectivity index (χ0) is 23.4. The number of hydrogen-bond acceptors (Lipinski definition) is 9. The largest absolute Gasteiger partial charge is 0.387 e. The van der Waals surface area contributed by atoms with Crippen LogP contribution < -0.4 is 4.90 Å². The van der Waals surface area contributed by atoms with Crippen LogP contribution in [0.3, 0.4) is 0 Å². The lowest BCUT2D eigenvalue weighted by atomic mass is 9.68. The first-order valence-corrected chi connectivity index (χ1v) is 13.1. The number of aliphatic hydroxyl groups is 2. The van der Waals surface area contributed by atoms with Crippen LogP contribution in [0, 0.1) is 12.3 Å². The highest BCUT2D eigenvalue weighted by Gasteiger charge is 2.46. The van der Waals surface area contributed by atoms with Crippen LogP contribution in [0.2, 0.25) is 0 Å². The smallest absolute Gasteiger partial charge is 0.350 e. The summed E-state index contributed by atoms with van der Waals surface area (Å²) >= 11 is 0. The molecule has 2 aliphatic heterocycles. The Hall–Kier alpha value is -1.66. The zero-order valence-corrected chi connectivity index (χ0v) is 19.3. The van der Waals surface area contributed by atoms with Crippen molar-refractivity contribution in [2.24, 2.45) is 5.41 Å². The van der Waals surface area contributed by atoms with Crippen LogP contribution in [-0.2, 0) is 14.0 Å². The second kappa shape index (κ2) is 8.53. The van der Waals surface area contributed by atoms with Crippen molar-refractivity contribution in [2.75, 3.05) is 30.9 Å². The molecule has 3 aliphatic rings. The van der Waals surface area contributed by atoms with Gasteiger partial charge in [0.25, 0.3) is 0 Å². The predicted octanol–water partition coefficient (Wildman–Crippen LogP) is 0.676. The number of aromatic nitrogens is 4. The number of aryl methyl sites for hydroxylation is 1. The normalized spacial score (nSPS) is 29.7. The molecule has 0 amide bonds. The lowest BCUT2D eigenvalue weighted by Gasteiger charge is -2.53. The summed E-state index contributed by atoms with van der Waals surface area (Å²) < 4.78 is 23.2. The van der Waals surface area contributed by atoms with E-state index in [0.717, 1.165) is 24.3 Å². The van der Waals surface area contributed by atoms with E-state index >= 15 is 0 Å². The Morgan fingerprint density at radius 3 is 2.61 bits per heavy atom. The van der Waals surface area contributed by atoms with Gasteiger partial charge in [-0.3, -0.25) is 4.57 Å². The molecule has 4 atom stereocenters. The van der Waals surface area contributed by atoms with Gasteiger partial charge in [-0.25, -0.2) is 14.6 Å². The van der Waals surface area contributed by atoms with Gasteiger partial charge in [-0.2, -0.15) is 5.10 Å². The second-order valence-corrected chi connectivity index (χ2v) is 11.1. The van der Waals surface area contributed by atoms with Crippen LogP contribution in [0.4, 0.5) is 5.82 Å². The molecule has 4 heterocycles. The quantitative estimate of drug-likeness (QED) is 0.427. The van der Waals surface area contributed by atoms with E-state index in [1.54, 1.807) is 13.1 Å². The SMILES string of the molecule is Cc1nc(N2CC3(CCCCC3)C2)c2cnn([C@@H]3O[C@H](COCP(=O)(O)O)[C@@H](O)[C@H]3O)c2n1. The molecular formula is C20H30N5O7P. The summed E-state index contributed by atoms with van der Waals surface area (Å²) in [5, 5.41) is 26.1. The standard InChI is InChI=1S/C20H30N5O7P/c1-12-22-17(24-9-20(10-24)5-3-2-4-6-20)13-7-21-25(18(13)23-12)19-16(27)15(26)14(32-19)8-31-11-33(28,29)30/h7,14-16,19,26-27H,2-6,8-11H2,1H3,(H2,28,29,30)/t14-,15-,16-,19-/m1/s1. The molecule has 33 heavy (non-hydrogen) atoms. The Morgan fingerprint density at radius 1 is 1.18 bits per heavy atom. The Balaban J connectivity index is 1.36. The molecule has 2 aromatic heterocycles. The van der Waals surface area contributed by atoms with Gasteiger partial charge in [-0.05, 0) is 19.8 Å². The zero-order valence-electron chi connectivity index (χ0n) is 18.4. The highest BCUT2D eigenvalue weighted by molar-refractivity contribution is 7.51. The predicted molar refractivity (Wildman–Crippen MR) is 117 cm³/mol. The summed E-state index contributed by atoms with van der Waals surface area (Å²) in [4.78, 5) is 29.3. The van der Waals surface area contributed by atoms with Gasteiger partial charge in [0, 0.05) is 18.5 Å². The van der Waals surface area contributed by atoms with Crippen molar-refractivity contribution in [2.45, 2.75) is 63.6 Å². The van der Waals surface area contributed by atoms with Crippen molar-refractivity contribution in [3.05, 3.63) is 12.0 Å². The van der Waals surface area contributed by atoms with Crippen molar-refractivity contribution in [3.8, 4) is 0 Å². The van der Waals surface area contributed by atoms with E-state index in [0.29, 0.717) is 16.9 Å². The summed E-state index contributed by atoms with van der Waals surface area (Å²) in [5.74, 6) is 1.38. The van der Waals surface area contributed by atoms with Crippen molar-refractivity contribution < 1.29 is 34.0 Å². The number of fused-ring (bicyclic) bond motifs is 1. The molecule has 2 saturated heterocycles. The van der Waals surface area contributed by atoms with Crippen LogP contribution in [0.15, 0.2) is 6.20 Å². The number of rotatable bonds is 6. The fraction of sp³-hybridized carbons (Fsp3) is 0.750. The molecule has 0 bridgehead atoms. The molecule has 1 aliphatic carbocycles. The maximum atomic E-state index is 11.0. The van der Waals surface area contributed by atoms with E-state index < -0.39 is 38.5 Å². The van der Waals surface area contributed by atoms with Gasteiger partial charge < -0.3 is 34.4 Å². The Morgan fingerprint density at radius 2 is 1.91 bits per heavy atom. The molecule has 1 saturated carbocycles. The van der Waals surface area contributed by atoms with Crippen LogP contribution in [0.5, 0.6) is 0 Å². The number of aliphatic hydroxyl groups excluding tert-OH is 2. The average molecular weight is 483 g/mol. The van der Waals surface area contributed by atoms with E-state index in [2.05, 4.69) is 20.0 Å². The van der Waals surface area contributed by atoms with Gasteiger partial charge in [0.1, 0.15) is 36.3 Å². The molecule has 182 valence electrons. The first kappa shape index (κ1) is 23.1. The van der Waals surface area contributed by atoms with Crippen LogP contribution in [0.1, 0.15) is 44.2 Å². The van der Waals surface area contributed by atoms with Gasteiger partial charge in [-0.15, -0.1) is 0 Å². The van der Waals surface area contributed by atoms with Crippen molar-refractivity contribution in [1.82, 2.24) is 19.7 Å². The highest BCUT2D eigenvalue weighted by atomic mass is 31.2. The van der Waals surface area contributed by atoms with Gasteiger partial charge in [0.05, 0.1) is 18.2 Å². The minimum atomic E-state index is -4.35. The van der Waals surface area contributed by atoms with E-state index in [1.165, 1.54) is 36.8 Å². The topological polar surface area (TPSA) is 163 Å². The summed E-state index contributed by atoms with van der Waals surface area (Å²) in [6.07, 6.45) is 2.61. The molecule has 1 spiro atoms. The summed E-state index contributed by atoms with van der Waals surface area (Å²) in [5.41, 5.74) is 0.879. The third-order valence-electron chi connectivity index (χ3n) is 6.93.